The molecule has 0 aromatic heterocycles. The van der Waals surface area contributed by atoms with Crippen molar-refractivity contribution in [2.45, 2.75) is 6.54 Å². The van der Waals surface area contributed by atoms with Crippen LogP contribution in [0.4, 0.5) is 10.1 Å². The number of anilines is 1. The van der Waals surface area contributed by atoms with Gasteiger partial charge in [0.2, 0.25) is 0 Å². The second-order valence-electron chi connectivity index (χ2n) is 3.69. The van der Waals surface area contributed by atoms with Crippen molar-refractivity contribution < 1.29 is 4.39 Å². The molecule has 2 aromatic carbocycles. The predicted molar refractivity (Wildman–Crippen MR) is 83.3 cm³/mol. The molecule has 18 heavy (non-hydrogen) atoms. The third-order valence-corrected chi connectivity index (χ3v) is 4.49. The highest BCUT2D eigenvalue weighted by molar-refractivity contribution is 9.11. The van der Waals surface area contributed by atoms with Crippen molar-refractivity contribution in [1.29, 1.82) is 0 Å². The molecule has 0 unspecified atom stereocenters. The molecule has 0 aliphatic carbocycles. The van der Waals surface area contributed by atoms with E-state index in [-0.39, 0.29) is 5.82 Å². The summed E-state index contributed by atoms with van der Waals surface area (Å²) in [5.74, 6) is -0.243. The molecule has 2 aromatic rings. The molecule has 0 amide bonds. The van der Waals surface area contributed by atoms with E-state index in [1.165, 1.54) is 12.1 Å². The second kappa shape index (κ2) is 6.17. The Morgan fingerprint density at radius 3 is 2.22 bits per heavy atom. The number of halogens is 4. The molecule has 5 heteroatoms. The normalized spacial score (nSPS) is 10.4. The molecule has 0 fully saturated rings. The number of benzene rings is 2. The Kier molecular flexibility index (Phi) is 4.81. The van der Waals surface area contributed by atoms with Crippen LogP contribution in [-0.2, 0) is 6.54 Å². The molecule has 2 rings (SSSR count). The van der Waals surface area contributed by atoms with Crippen LogP contribution in [0.15, 0.2) is 49.8 Å². The zero-order valence-corrected chi connectivity index (χ0v) is 13.9. The number of para-hydroxylation sites is 1. The third kappa shape index (κ3) is 3.33. The van der Waals surface area contributed by atoms with Gasteiger partial charge in [-0.05, 0) is 61.7 Å². The monoisotopic (exact) mass is 435 g/mol. The van der Waals surface area contributed by atoms with Crippen molar-refractivity contribution in [3.8, 4) is 0 Å². The van der Waals surface area contributed by atoms with E-state index < -0.39 is 0 Å². The zero-order valence-electron chi connectivity index (χ0n) is 9.18. The SMILES string of the molecule is Fc1ccc(CNc2c(Br)cccc2Br)c(Br)c1. The Bertz CT molecular complexity index is 552. The fraction of sp³-hybridized carbons (Fsp3) is 0.0769. The smallest absolute Gasteiger partial charge is 0.124 e. The highest BCUT2D eigenvalue weighted by atomic mass is 79.9. The van der Waals surface area contributed by atoms with E-state index >= 15 is 0 Å². The van der Waals surface area contributed by atoms with E-state index in [0.717, 1.165) is 24.7 Å². The minimum Gasteiger partial charge on any atom is -0.379 e. The van der Waals surface area contributed by atoms with Gasteiger partial charge < -0.3 is 5.32 Å². The first-order valence-corrected chi connectivity index (χ1v) is 7.57. The maximum Gasteiger partial charge on any atom is 0.124 e. The van der Waals surface area contributed by atoms with Crippen LogP contribution >= 0.6 is 47.8 Å². The summed E-state index contributed by atoms with van der Waals surface area (Å²) in [5, 5.41) is 3.31. The minimum absolute atomic E-state index is 0.243. The lowest BCUT2D eigenvalue weighted by molar-refractivity contribution is 0.626. The first-order chi connectivity index (χ1) is 8.58. The standard InChI is InChI=1S/C13H9Br3FN/c14-10-2-1-3-11(15)13(10)18-7-8-4-5-9(17)6-12(8)16/h1-6,18H,7H2. The Balaban J connectivity index is 2.16. The van der Waals surface area contributed by atoms with Gasteiger partial charge in [-0.2, -0.15) is 0 Å². The van der Waals surface area contributed by atoms with Crippen molar-refractivity contribution >= 4 is 53.5 Å². The highest BCUT2D eigenvalue weighted by Crippen LogP contribution is 2.31. The second-order valence-corrected chi connectivity index (χ2v) is 6.25. The predicted octanol–water partition coefficient (Wildman–Crippen LogP) is 5.73. The maximum absolute atomic E-state index is 13.0. The molecule has 0 saturated heterocycles. The molecule has 1 N–H and O–H groups in total. The van der Waals surface area contributed by atoms with Crippen LogP contribution < -0.4 is 5.32 Å². The summed E-state index contributed by atoms with van der Waals surface area (Å²) in [4.78, 5) is 0. The van der Waals surface area contributed by atoms with Gasteiger partial charge in [0, 0.05) is 20.0 Å². The van der Waals surface area contributed by atoms with Crippen LogP contribution in [0.3, 0.4) is 0 Å². The van der Waals surface area contributed by atoms with Gasteiger partial charge in [-0.15, -0.1) is 0 Å². The van der Waals surface area contributed by atoms with Crippen LogP contribution in [0, 0.1) is 5.82 Å². The summed E-state index contributed by atoms with van der Waals surface area (Å²) >= 11 is 10.3. The van der Waals surface area contributed by atoms with Gasteiger partial charge in [0.15, 0.2) is 0 Å². The summed E-state index contributed by atoms with van der Waals surface area (Å²) in [7, 11) is 0. The third-order valence-electron chi connectivity index (χ3n) is 2.43. The Labute approximate surface area is 130 Å². The molecule has 0 saturated carbocycles. The molecular formula is C13H9Br3FN. The maximum atomic E-state index is 13.0. The average Bonchev–Trinajstić information content (AvgIpc) is 2.31. The topological polar surface area (TPSA) is 12.0 Å². The number of hydrogen-bond donors (Lipinski definition) is 1. The first-order valence-electron chi connectivity index (χ1n) is 5.20. The molecule has 0 radical (unpaired) electrons. The summed E-state index contributed by atoms with van der Waals surface area (Å²) in [6, 6.07) is 10.6. The van der Waals surface area contributed by atoms with E-state index in [0.29, 0.717) is 6.54 Å². The lowest BCUT2D eigenvalue weighted by Crippen LogP contribution is -2.01. The Morgan fingerprint density at radius 2 is 1.61 bits per heavy atom. The van der Waals surface area contributed by atoms with Gasteiger partial charge >= 0.3 is 0 Å². The van der Waals surface area contributed by atoms with Gasteiger partial charge in [-0.1, -0.05) is 28.1 Å². The fourth-order valence-electron chi connectivity index (χ4n) is 1.52. The quantitative estimate of drug-likeness (QED) is 0.647. The summed E-state index contributed by atoms with van der Waals surface area (Å²) in [5.41, 5.74) is 1.98. The van der Waals surface area contributed by atoms with Crippen LogP contribution in [-0.4, -0.2) is 0 Å². The Morgan fingerprint density at radius 1 is 0.944 bits per heavy atom. The van der Waals surface area contributed by atoms with Gasteiger partial charge in [0.25, 0.3) is 0 Å². The van der Waals surface area contributed by atoms with E-state index in [4.69, 9.17) is 0 Å². The fourth-order valence-corrected chi connectivity index (χ4v) is 3.29. The molecule has 0 aliphatic rings. The van der Waals surface area contributed by atoms with Crippen LogP contribution in [0.1, 0.15) is 5.56 Å². The van der Waals surface area contributed by atoms with Crippen LogP contribution in [0.2, 0.25) is 0 Å². The van der Waals surface area contributed by atoms with E-state index in [9.17, 15) is 4.39 Å². The van der Waals surface area contributed by atoms with Crippen molar-refractivity contribution in [2.75, 3.05) is 5.32 Å². The summed E-state index contributed by atoms with van der Waals surface area (Å²) in [6.07, 6.45) is 0. The summed E-state index contributed by atoms with van der Waals surface area (Å²) in [6.45, 7) is 0.613. The van der Waals surface area contributed by atoms with E-state index in [1.807, 2.05) is 18.2 Å². The van der Waals surface area contributed by atoms with Crippen molar-refractivity contribution in [1.82, 2.24) is 0 Å². The van der Waals surface area contributed by atoms with Gasteiger partial charge in [-0.25, -0.2) is 4.39 Å². The number of nitrogens with one attached hydrogen (secondary N) is 1. The van der Waals surface area contributed by atoms with Crippen molar-refractivity contribution in [3.05, 3.63) is 61.2 Å². The van der Waals surface area contributed by atoms with E-state index in [2.05, 4.69) is 53.1 Å². The van der Waals surface area contributed by atoms with Gasteiger partial charge in [0.05, 0.1) is 5.69 Å². The summed E-state index contributed by atoms with van der Waals surface area (Å²) < 4.78 is 15.7. The lowest BCUT2D eigenvalue weighted by Gasteiger charge is -2.11. The minimum atomic E-state index is -0.243. The molecule has 94 valence electrons. The lowest BCUT2D eigenvalue weighted by atomic mass is 10.2. The molecule has 0 atom stereocenters. The zero-order chi connectivity index (χ0) is 13.1. The van der Waals surface area contributed by atoms with Gasteiger partial charge in [-0.3, -0.25) is 0 Å². The molecule has 0 heterocycles. The molecule has 0 spiro atoms. The molecule has 1 nitrogen and oxygen atoms in total. The average molecular weight is 438 g/mol. The molecule has 0 aliphatic heterocycles. The Hall–Kier alpha value is -0.390. The van der Waals surface area contributed by atoms with Crippen LogP contribution in [0.25, 0.3) is 0 Å². The number of rotatable bonds is 3. The van der Waals surface area contributed by atoms with Gasteiger partial charge in [0.1, 0.15) is 5.82 Å². The van der Waals surface area contributed by atoms with Crippen LogP contribution in [0.5, 0.6) is 0 Å². The largest absolute Gasteiger partial charge is 0.379 e. The van der Waals surface area contributed by atoms with Crippen molar-refractivity contribution in [3.63, 3.8) is 0 Å². The molecule has 0 bridgehead atoms. The molecular weight excluding hydrogens is 429 g/mol. The van der Waals surface area contributed by atoms with E-state index in [1.54, 1.807) is 6.07 Å². The number of hydrogen-bond acceptors (Lipinski definition) is 1. The van der Waals surface area contributed by atoms with Crippen molar-refractivity contribution in [2.24, 2.45) is 0 Å². The highest BCUT2D eigenvalue weighted by Gasteiger charge is 2.06. The first kappa shape index (κ1) is 14.0.